The van der Waals surface area contributed by atoms with Crippen LogP contribution in [0.3, 0.4) is 0 Å². The minimum atomic E-state index is 0.533. The second kappa shape index (κ2) is 14.6. The first-order valence-corrected chi connectivity index (χ1v) is 20.8. The molecule has 0 fully saturated rings. The lowest BCUT2D eigenvalue weighted by Crippen LogP contribution is -2.10. The van der Waals surface area contributed by atoms with Gasteiger partial charge in [0.25, 0.3) is 0 Å². The molecule has 0 unspecified atom stereocenters. The Morgan fingerprint density at radius 3 is 1.31 bits per heavy atom. The Hall–Kier alpha value is -8.55. The van der Waals surface area contributed by atoms with Gasteiger partial charge in [-0.2, -0.15) is 9.97 Å². The Kier molecular flexibility index (Phi) is 8.35. The van der Waals surface area contributed by atoms with Crippen molar-refractivity contribution < 1.29 is 0 Å². The first kappa shape index (κ1) is 35.4. The molecule has 4 aromatic heterocycles. The van der Waals surface area contributed by atoms with E-state index in [1.807, 2.05) is 36.4 Å². The molecule has 0 atom stereocenters. The highest BCUT2D eigenvalue weighted by atomic mass is 15.2. The van der Waals surface area contributed by atoms with Crippen molar-refractivity contribution in [2.24, 2.45) is 0 Å². The maximum absolute atomic E-state index is 5.38. The van der Waals surface area contributed by atoms with Crippen molar-refractivity contribution in [3.63, 3.8) is 0 Å². The molecule has 0 N–H and O–H groups in total. The molecule has 0 aliphatic carbocycles. The molecule has 0 spiro atoms. The summed E-state index contributed by atoms with van der Waals surface area (Å²) < 4.78 is 7.12. The number of nitrogens with zero attached hydrogens (tertiary/aromatic N) is 7. The molecule has 0 saturated heterocycles. The number of rotatable bonds is 8. The molecular weight excluding hydrogens is 759 g/mol. The van der Waals surface area contributed by atoms with Gasteiger partial charge in [0.1, 0.15) is 5.52 Å². The molecule has 0 saturated carbocycles. The van der Waals surface area contributed by atoms with Gasteiger partial charge in [-0.25, -0.2) is 4.98 Å². The van der Waals surface area contributed by atoms with Crippen molar-refractivity contribution in [3.05, 3.63) is 224 Å². The number of fused-ring (bicyclic) bond motifs is 7. The van der Waals surface area contributed by atoms with E-state index in [1.165, 1.54) is 0 Å². The molecular formula is C55H37N7. The van der Waals surface area contributed by atoms with Crippen molar-refractivity contribution in [2.75, 3.05) is 4.90 Å². The number of anilines is 3. The SMILES string of the molecule is c1ccc(-c2nc(-c3ccccc3)nc(-n3c4ccc(N(c5ccccc5)c5ccccc5)cc4c4c3c3c(c5ccccc5n3-c3ccccc3)n4-c3ccccc3)n2)cc1. The summed E-state index contributed by atoms with van der Waals surface area (Å²) in [5, 5.41) is 2.20. The van der Waals surface area contributed by atoms with Gasteiger partial charge in [-0.05, 0) is 72.8 Å². The van der Waals surface area contributed by atoms with E-state index in [1.54, 1.807) is 0 Å². The lowest BCUT2D eigenvalue weighted by Gasteiger charge is -2.25. The van der Waals surface area contributed by atoms with Crippen molar-refractivity contribution in [3.8, 4) is 40.1 Å². The Morgan fingerprint density at radius 2 is 0.742 bits per heavy atom. The fraction of sp³-hybridized carbons (Fsp3) is 0. The van der Waals surface area contributed by atoms with Gasteiger partial charge >= 0.3 is 0 Å². The molecule has 0 aliphatic heterocycles. The van der Waals surface area contributed by atoms with Gasteiger partial charge in [0.05, 0.1) is 27.6 Å². The van der Waals surface area contributed by atoms with Crippen LogP contribution in [0.1, 0.15) is 0 Å². The molecule has 7 nitrogen and oxygen atoms in total. The monoisotopic (exact) mass is 795 g/mol. The van der Waals surface area contributed by atoms with Crippen LogP contribution in [0.5, 0.6) is 0 Å². The predicted molar refractivity (Wildman–Crippen MR) is 253 cm³/mol. The molecule has 0 amide bonds. The third kappa shape index (κ3) is 5.71. The van der Waals surface area contributed by atoms with E-state index in [-0.39, 0.29) is 0 Å². The number of aromatic nitrogens is 6. The fourth-order valence-electron chi connectivity index (χ4n) is 9.01. The molecule has 0 radical (unpaired) electrons. The Morgan fingerprint density at radius 1 is 0.306 bits per heavy atom. The third-order valence-corrected chi connectivity index (χ3v) is 11.6. The van der Waals surface area contributed by atoms with E-state index >= 15 is 0 Å². The van der Waals surface area contributed by atoms with Gasteiger partial charge in [0, 0.05) is 50.3 Å². The summed E-state index contributed by atoms with van der Waals surface area (Å²) in [7, 11) is 0. The maximum Gasteiger partial charge on any atom is 0.238 e. The number of hydrogen-bond acceptors (Lipinski definition) is 4. The number of benzene rings is 8. The molecule has 4 heterocycles. The topological polar surface area (TPSA) is 56.7 Å². The average Bonchev–Trinajstić information content (AvgIpc) is 3.98. The standard InChI is InChI=1S/C55H37N7/c1-7-21-38(22-8-1)53-56-54(39-23-9-2-10-24-39)58-55(57-53)62-48-36-35-44(59(40-25-11-3-12-26-40)41-27-13-4-14-28-41)37-46(48)50-52(62)51-49(61(50)43-31-17-6-18-32-43)45-33-19-20-34-47(45)60(51)42-29-15-5-16-30-42/h1-37H. The Labute approximate surface area is 357 Å². The minimum Gasteiger partial charge on any atom is -0.310 e. The summed E-state index contributed by atoms with van der Waals surface area (Å²) in [4.78, 5) is 18.2. The van der Waals surface area contributed by atoms with E-state index in [0.717, 1.165) is 83.4 Å². The van der Waals surface area contributed by atoms with Gasteiger partial charge in [-0.1, -0.05) is 152 Å². The highest BCUT2D eigenvalue weighted by molar-refractivity contribution is 6.25. The summed E-state index contributed by atoms with van der Waals surface area (Å²) in [5.74, 6) is 1.73. The van der Waals surface area contributed by atoms with Crippen molar-refractivity contribution in [2.45, 2.75) is 0 Å². The highest BCUT2D eigenvalue weighted by Crippen LogP contribution is 2.47. The van der Waals surface area contributed by atoms with Crippen LogP contribution in [0, 0.1) is 0 Å². The van der Waals surface area contributed by atoms with E-state index in [0.29, 0.717) is 17.6 Å². The van der Waals surface area contributed by atoms with Gasteiger partial charge in [-0.3, -0.25) is 4.57 Å². The van der Waals surface area contributed by atoms with Crippen molar-refractivity contribution >= 4 is 60.9 Å². The van der Waals surface area contributed by atoms with Gasteiger partial charge in [0.15, 0.2) is 11.6 Å². The van der Waals surface area contributed by atoms with Crippen LogP contribution >= 0.6 is 0 Å². The van der Waals surface area contributed by atoms with Crippen molar-refractivity contribution in [1.29, 1.82) is 0 Å². The Balaban J connectivity index is 1.29. The molecule has 62 heavy (non-hydrogen) atoms. The largest absolute Gasteiger partial charge is 0.310 e. The quantitative estimate of drug-likeness (QED) is 0.154. The predicted octanol–water partition coefficient (Wildman–Crippen LogP) is 13.7. The summed E-state index contributed by atoms with van der Waals surface area (Å²) in [6, 6.07) is 78.4. The van der Waals surface area contributed by atoms with Crippen LogP contribution in [0.15, 0.2) is 224 Å². The Bertz CT molecular complexity index is 3450. The summed E-state index contributed by atoms with van der Waals surface area (Å²) in [6.07, 6.45) is 0. The molecule has 12 aromatic rings. The molecule has 0 bridgehead atoms. The number of para-hydroxylation sites is 5. The zero-order chi connectivity index (χ0) is 41.0. The molecule has 12 rings (SSSR count). The van der Waals surface area contributed by atoms with Crippen LogP contribution in [0.4, 0.5) is 17.1 Å². The van der Waals surface area contributed by atoms with E-state index in [4.69, 9.17) is 15.0 Å². The maximum atomic E-state index is 5.38. The zero-order valence-electron chi connectivity index (χ0n) is 33.5. The van der Waals surface area contributed by atoms with Gasteiger partial charge in [-0.15, -0.1) is 0 Å². The van der Waals surface area contributed by atoms with Crippen molar-refractivity contribution in [1.82, 2.24) is 28.7 Å². The fourth-order valence-corrected chi connectivity index (χ4v) is 9.01. The zero-order valence-corrected chi connectivity index (χ0v) is 33.5. The third-order valence-electron chi connectivity index (χ3n) is 11.6. The van der Waals surface area contributed by atoms with Crippen LogP contribution in [-0.4, -0.2) is 28.7 Å². The first-order chi connectivity index (χ1) is 30.8. The second-order valence-corrected chi connectivity index (χ2v) is 15.3. The molecule has 292 valence electrons. The van der Waals surface area contributed by atoms with E-state index in [2.05, 4.69) is 207 Å². The average molecular weight is 796 g/mol. The molecule has 8 aromatic carbocycles. The minimum absolute atomic E-state index is 0.533. The molecule has 0 aliphatic rings. The second-order valence-electron chi connectivity index (χ2n) is 15.3. The first-order valence-electron chi connectivity index (χ1n) is 20.8. The number of hydrogen-bond donors (Lipinski definition) is 0. The van der Waals surface area contributed by atoms with Gasteiger partial charge in [0.2, 0.25) is 5.95 Å². The lowest BCUT2D eigenvalue weighted by molar-refractivity contribution is 0.953. The molecule has 7 heteroatoms. The summed E-state index contributed by atoms with van der Waals surface area (Å²) >= 11 is 0. The van der Waals surface area contributed by atoms with Crippen LogP contribution < -0.4 is 4.90 Å². The smallest absolute Gasteiger partial charge is 0.238 e. The van der Waals surface area contributed by atoms with Crippen LogP contribution in [0.2, 0.25) is 0 Å². The van der Waals surface area contributed by atoms with Gasteiger partial charge < -0.3 is 14.0 Å². The summed E-state index contributed by atoms with van der Waals surface area (Å²) in [5.41, 5.74) is 13.4. The normalized spacial score (nSPS) is 11.5. The van der Waals surface area contributed by atoms with E-state index in [9.17, 15) is 0 Å². The van der Waals surface area contributed by atoms with E-state index < -0.39 is 0 Å². The highest BCUT2D eigenvalue weighted by Gasteiger charge is 2.30. The lowest BCUT2D eigenvalue weighted by atomic mass is 10.1. The van der Waals surface area contributed by atoms with Crippen LogP contribution in [0.25, 0.3) is 84.0 Å². The summed E-state index contributed by atoms with van der Waals surface area (Å²) in [6.45, 7) is 0. The van der Waals surface area contributed by atoms with Crippen LogP contribution in [-0.2, 0) is 0 Å².